The number of hydrogen-bond donors (Lipinski definition) is 0. The van der Waals surface area contributed by atoms with Crippen molar-refractivity contribution in [2.24, 2.45) is 0 Å². The number of hydrogen-bond acceptors (Lipinski definition) is 5. The molecule has 2 aliphatic heterocycles. The predicted molar refractivity (Wildman–Crippen MR) is 112 cm³/mol. The van der Waals surface area contributed by atoms with Crippen molar-refractivity contribution < 1.29 is 5.11 Å². The zero-order valence-electron chi connectivity index (χ0n) is 15.3. The Kier molecular flexibility index (Phi) is 4.15. The Morgan fingerprint density at radius 2 is 1.90 bits per heavy atom. The van der Waals surface area contributed by atoms with Crippen molar-refractivity contribution >= 4 is 33.2 Å². The number of halogens is 1. The van der Waals surface area contributed by atoms with Gasteiger partial charge < -0.3 is 9.67 Å². The standard InChI is InChI=1S/C21H15ClN4O2S/c1-12-19-16(10-18(27)25(12)11-13-6-8-14(22)9-7-13)24-26(20(19)28)21-23-15-4-2-3-5-17(15)29-21/h2-10,27H,11H2,1H3/p-1. The molecular formula is C21H14ClN4O2S-. The van der Waals surface area contributed by atoms with Gasteiger partial charge in [-0.1, -0.05) is 47.2 Å². The van der Waals surface area contributed by atoms with Gasteiger partial charge in [-0.3, -0.25) is 4.79 Å². The van der Waals surface area contributed by atoms with Crippen molar-refractivity contribution in [1.29, 1.82) is 0 Å². The number of benzene rings is 2. The van der Waals surface area contributed by atoms with E-state index in [1.807, 2.05) is 36.4 Å². The molecule has 6 nitrogen and oxygen atoms in total. The molecule has 1 aromatic heterocycles. The van der Waals surface area contributed by atoms with Crippen LogP contribution in [0.1, 0.15) is 11.3 Å². The first-order valence-corrected chi connectivity index (χ1v) is 10.1. The van der Waals surface area contributed by atoms with Crippen molar-refractivity contribution in [3.63, 3.8) is 0 Å². The molecule has 5 rings (SSSR count). The van der Waals surface area contributed by atoms with Gasteiger partial charge in [-0.2, -0.15) is 9.78 Å². The number of pyridine rings is 1. The number of fused-ring (bicyclic) bond motifs is 2. The van der Waals surface area contributed by atoms with E-state index in [0.29, 0.717) is 33.7 Å². The number of rotatable bonds is 3. The van der Waals surface area contributed by atoms with E-state index in [0.717, 1.165) is 15.8 Å². The molecule has 8 heteroatoms. The summed E-state index contributed by atoms with van der Waals surface area (Å²) in [5.41, 5.74) is 2.85. The monoisotopic (exact) mass is 421 g/mol. The minimum absolute atomic E-state index is 0.209. The molecule has 144 valence electrons. The molecule has 3 heterocycles. The lowest BCUT2D eigenvalue weighted by Crippen LogP contribution is -2.18. The number of aromatic nitrogens is 4. The lowest BCUT2D eigenvalue weighted by Gasteiger charge is -2.22. The molecule has 0 saturated heterocycles. The smallest absolute Gasteiger partial charge is 0.284 e. The average Bonchev–Trinajstić information content (AvgIpc) is 3.27. The van der Waals surface area contributed by atoms with Gasteiger partial charge in [-0.15, -0.1) is 0 Å². The molecule has 0 fully saturated rings. The fraction of sp³-hybridized carbons (Fsp3) is 0.0952. The lowest BCUT2D eigenvalue weighted by molar-refractivity contribution is -0.279. The molecule has 2 aliphatic rings. The first-order chi connectivity index (χ1) is 14.0. The molecule has 0 unspecified atom stereocenters. The number of para-hydroxylation sites is 1. The molecule has 0 bridgehead atoms. The molecule has 0 saturated carbocycles. The first kappa shape index (κ1) is 17.9. The van der Waals surface area contributed by atoms with E-state index in [2.05, 4.69) is 10.1 Å². The van der Waals surface area contributed by atoms with Crippen molar-refractivity contribution in [3.8, 4) is 22.3 Å². The van der Waals surface area contributed by atoms with Gasteiger partial charge >= 0.3 is 0 Å². The highest BCUT2D eigenvalue weighted by Crippen LogP contribution is 2.29. The highest BCUT2D eigenvalue weighted by atomic mass is 35.5. The van der Waals surface area contributed by atoms with E-state index >= 15 is 0 Å². The fourth-order valence-corrected chi connectivity index (χ4v) is 4.45. The maximum Gasteiger partial charge on any atom is 0.284 e. The van der Waals surface area contributed by atoms with Crippen LogP contribution in [0.4, 0.5) is 0 Å². The molecule has 0 aliphatic carbocycles. The van der Waals surface area contributed by atoms with Crippen LogP contribution in [0.25, 0.3) is 26.6 Å². The van der Waals surface area contributed by atoms with Gasteiger partial charge in [0.05, 0.1) is 21.5 Å². The van der Waals surface area contributed by atoms with Gasteiger partial charge in [-0.05, 0) is 48.7 Å². The Bertz CT molecular complexity index is 1350. The van der Waals surface area contributed by atoms with Gasteiger partial charge in [0.25, 0.3) is 5.56 Å². The molecule has 3 aromatic rings. The molecular weight excluding hydrogens is 408 g/mol. The zero-order chi connectivity index (χ0) is 20.1. The minimum atomic E-state index is -0.276. The summed E-state index contributed by atoms with van der Waals surface area (Å²) in [7, 11) is 0. The molecule has 29 heavy (non-hydrogen) atoms. The lowest BCUT2D eigenvalue weighted by atomic mass is 10.1. The third-order valence-corrected chi connectivity index (χ3v) is 6.14. The van der Waals surface area contributed by atoms with Gasteiger partial charge in [0.1, 0.15) is 0 Å². The summed E-state index contributed by atoms with van der Waals surface area (Å²) in [5, 5.41) is 18.2. The molecule has 0 radical (unpaired) electrons. The maximum absolute atomic E-state index is 13.1. The topological polar surface area (TPSA) is 75.8 Å². The second-order valence-corrected chi connectivity index (χ2v) is 8.17. The fourth-order valence-electron chi connectivity index (χ4n) is 3.40. The highest BCUT2D eigenvalue weighted by molar-refractivity contribution is 7.20. The van der Waals surface area contributed by atoms with Crippen molar-refractivity contribution in [2.45, 2.75) is 13.5 Å². The van der Waals surface area contributed by atoms with Crippen molar-refractivity contribution in [2.75, 3.05) is 0 Å². The molecule has 0 atom stereocenters. The van der Waals surface area contributed by atoms with Crippen LogP contribution in [0.15, 0.2) is 59.4 Å². The van der Waals surface area contributed by atoms with Gasteiger partial charge in [0.2, 0.25) is 5.13 Å². The van der Waals surface area contributed by atoms with E-state index in [1.165, 1.54) is 22.1 Å². The molecule has 0 N–H and O–H groups in total. The van der Waals surface area contributed by atoms with Crippen molar-refractivity contribution in [3.05, 3.63) is 81.2 Å². The van der Waals surface area contributed by atoms with Crippen LogP contribution in [-0.2, 0) is 6.54 Å². The van der Waals surface area contributed by atoms with Crippen molar-refractivity contribution in [1.82, 2.24) is 19.3 Å². The summed E-state index contributed by atoms with van der Waals surface area (Å²) >= 11 is 7.33. The second-order valence-electron chi connectivity index (χ2n) is 6.72. The first-order valence-electron chi connectivity index (χ1n) is 8.92. The van der Waals surface area contributed by atoms with Crippen LogP contribution in [-0.4, -0.2) is 19.3 Å². The summed E-state index contributed by atoms with van der Waals surface area (Å²) in [6, 6.07) is 16.4. The molecule has 0 amide bonds. The van der Waals surface area contributed by atoms with Crippen LogP contribution in [0, 0.1) is 6.92 Å². The van der Waals surface area contributed by atoms with Gasteiger partial charge in [0, 0.05) is 17.3 Å². The number of nitrogens with zero attached hydrogens (tertiary/aromatic N) is 4. The molecule has 0 spiro atoms. The van der Waals surface area contributed by atoms with E-state index in [1.54, 1.807) is 23.6 Å². The van der Waals surface area contributed by atoms with E-state index in [4.69, 9.17) is 11.6 Å². The summed E-state index contributed by atoms with van der Waals surface area (Å²) in [5.74, 6) is -0.209. The van der Waals surface area contributed by atoms with Gasteiger partial charge in [0.15, 0.2) is 0 Å². The normalized spacial score (nSPS) is 11.5. The molecule has 2 aromatic carbocycles. The summed E-state index contributed by atoms with van der Waals surface area (Å²) in [6.07, 6.45) is 0. The average molecular weight is 422 g/mol. The van der Waals surface area contributed by atoms with Crippen LogP contribution in [0.3, 0.4) is 0 Å². The van der Waals surface area contributed by atoms with Gasteiger partial charge in [-0.25, -0.2) is 4.98 Å². The third kappa shape index (κ3) is 2.99. The Morgan fingerprint density at radius 1 is 1.14 bits per heavy atom. The van der Waals surface area contributed by atoms with Crippen LogP contribution >= 0.6 is 22.9 Å². The number of thiazole rings is 1. The third-order valence-electron chi connectivity index (χ3n) is 4.88. The second kappa shape index (κ2) is 6.72. The summed E-state index contributed by atoms with van der Waals surface area (Å²) in [6.45, 7) is 2.12. The predicted octanol–water partition coefficient (Wildman–Crippen LogP) is 3.83. The van der Waals surface area contributed by atoms with Crippen LogP contribution < -0.4 is 10.7 Å². The van der Waals surface area contributed by atoms with E-state index in [9.17, 15) is 9.90 Å². The largest absolute Gasteiger partial charge is 0.860 e. The Balaban J connectivity index is 1.65. The maximum atomic E-state index is 13.1. The van der Waals surface area contributed by atoms with Crippen LogP contribution in [0.2, 0.25) is 5.02 Å². The Labute approximate surface area is 174 Å². The minimum Gasteiger partial charge on any atom is -0.860 e. The zero-order valence-corrected chi connectivity index (χ0v) is 16.9. The Morgan fingerprint density at radius 3 is 2.66 bits per heavy atom. The summed E-state index contributed by atoms with van der Waals surface area (Å²) in [4.78, 5) is 17.6. The Hall–Kier alpha value is -3.16. The van der Waals surface area contributed by atoms with E-state index in [-0.39, 0.29) is 11.4 Å². The summed E-state index contributed by atoms with van der Waals surface area (Å²) < 4.78 is 3.84. The quantitative estimate of drug-likeness (QED) is 0.443. The van der Waals surface area contributed by atoms with E-state index < -0.39 is 0 Å². The van der Waals surface area contributed by atoms with Crippen LogP contribution in [0.5, 0.6) is 5.88 Å². The SMILES string of the molecule is Cc1c2c(=O)n(-c3nc4ccccc4s3)nc-2cc([O-])n1Cc1ccc(Cl)cc1. The highest BCUT2D eigenvalue weighted by Gasteiger charge is 2.22.